The van der Waals surface area contributed by atoms with Crippen molar-refractivity contribution < 1.29 is 4.79 Å². The molecule has 1 atom stereocenters. The van der Waals surface area contributed by atoms with Gasteiger partial charge in [0.25, 0.3) is 5.91 Å². The molecule has 36 heavy (non-hydrogen) atoms. The second-order valence-corrected chi connectivity index (χ2v) is 12.1. The number of para-hydroxylation sites is 1. The summed E-state index contributed by atoms with van der Waals surface area (Å²) in [6.07, 6.45) is 7.05. The Bertz CT molecular complexity index is 1440. The Kier molecular flexibility index (Phi) is 6.80. The molecule has 0 spiro atoms. The topological polar surface area (TPSA) is 46.4 Å². The van der Waals surface area contributed by atoms with E-state index in [9.17, 15) is 4.79 Å². The minimum Gasteiger partial charge on any atom is -0.347 e. The summed E-state index contributed by atoms with van der Waals surface area (Å²) in [6.45, 7) is 9.98. The third-order valence-corrected chi connectivity index (χ3v) is 8.70. The second kappa shape index (κ2) is 9.87. The Hall–Kier alpha value is -2.89. The van der Waals surface area contributed by atoms with Crippen molar-refractivity contribution in [3.8, 4) is 0 Å². The van der Waals surface area contributed by atoms with Crippen LogP contribution in [0.4, 0.5) is 10.7 Å². The number of aromatic nitrogens is 1. The lowest BCUT2D eigenvalue weighted by atomic mass is 9.72. The fourth-order valence-electron chi connectivity index (χ4n) is 5.13. The zero-order chi connectivity index (χ0) is 25.4. The van der Waals surface area contributed by atoms with Crippen molar-refractivity contribution in [2.75, 3.05) is 5.32 Å². The summed E-state index contributed by atoms with van der Waals surface area (Å²) in [4.78, 5) is 19.8. The van der Waals surface area contributed by atoms with Gasteiger partial charge in [-0.25, -0.2) is 4.99 Å². The van der Waals surface area contributed by atoms with E-state index in [0.29, 0.717) is 16.5 Å². The zero-order valence-corrected chi connectivity index (χ0v) is 22.8. The predicted octanol–water partition coefficient (Wildman–Crippen LogP) is 8.53. The molecule has 2 aromatic heterocycles. The highest BCUT2D eigenvalue weighted by Gasteiger charge is 2.33. The van der Waals surface area contributed by atoms with Gasteiger partial charge in [0.05, 0.1) is 5.56 Å². The average molecular weight is 518 g/mol. The van der Waals surface area contributed by atoms with E-state index in [0.717, 1.165) is 47.6 Å². The summed E-state index contributed by atoms with van der Waals surface area (Å²) >= 11 is 7.71. The lowest BCUT2D eigenvalue weighted by molar-refractivity contribution is 0.102. The highest BCUT2D eigenvalue weighted by molar-refractivity contribution is 7.16. The van der Waals surface area contributed by atoms with Gasteiger partial charge in [0, 0.05) is 51.0 Å². The summed E-state index contributed by atoms with van der Waals surface area (Å²) in [7, 11) is 0. The van der Waals surface area contributed by atoms with Crippen molar-refractivity contribution in [1.29, 1.82) is 0 Å². The van der Waals surface area contributed by atoms with Crippen molar-refractivity contribution in [1.82, 2.24) is 4.57 Å². The number of aryl methyl sites for hydroxylation is 1. The number of benzene rings is 2. The zero-order valence-electron chi connectivity index (χ0n) is 21.3. The van der Waals surface area contributed by atoms with Crippen LogP contribution in [0.5, 0.6) is 0 Å². The molecular formula is C30H32ClN3OS. The number of carbonyl (C=O) groups excluding carboxylic acids is 1. The maximum Gasteiger partial charge on any atom is 0.259 e. The number of fused-ring (bicyclic) bond motifs is 2. The van der Waals surface area contributed by atoms with E-state index >= 15 is 0 Å². The maximum atomic E-state index is 13.6. The van der Waals surface area contributed by atoms with Crippen molar-refractivity contribution in [2.45, 2.75) is 53.5 Å². The number of aliphatic imine (C=N–C) groups is 1. The number of anilines is 1. The summed E-state index contributed by atoms with van der Waals surface area (Å²) < 4.78 is 2.23. The van der Waals surface area contributed by atoms with Gasteiger partial charge in [0.2, 0.25) is 0 Å². The third kappa shape index (κ3) is 4.87. The van der Waals surface area contributed by atoms with E-state index in [-0.39, 0.29) is 11.3 Å². The first-order chi connectivity index (χ1) is 17.2. The van der Waals surface area contributed by atoms with E-state index in [4.69, 9.17) is 16.6 Å². The number of halogens is 1. The number of hydrogen-bond acceptors (Lipinski definition) is 3. The van der Waals surface area contributed by atoms with Gasteiger partial charge in [-0.2, -0.15) is 0 Å². The third-order valence-electron chi connectivity index (χ3n) is 7.28. The molecule has 0 radical (unpaired) electrons. The van der Waals surface area contributed by atoms with Crippen molar-refractivity contribution in [3.63, 3.8) is 0 Å². The van der Waals surface area contributed by atoms with Crippen LogP contribution in [0.1, 0.15) is 60.5 Å². The van der Waals surface area contributed by atoms with Crippen molar-refractivity contribution in [3.05, 3.63) is 81.3 Å². The Labute approximate surface area is 222 Å². The molecule has 0 fully saturated rings. The van der Waals surface area contributed by atoms with Crippen molar-refractivity contribution in [2.24, 2.45) is 16.3 Å². The number of nitrogens with one attached hydrogen (secondary N) is 1. The first kappa shape index (κ1) is 24.8. The highest BCUT2D eigenvalue weighted by atomic mass is 35.5. The quantitative estimate of drug-likeness (QED) is 0.265. The molecule has 6 heteroatoms. The van der Waals surface area contributed by atoms with Gasteiger partial charge >= 0.3 is 0 Å². The predicted molar refractivity (Wildman–Crippen MR) is 154 cm³/mol. The first-order valence-electron chi connectivity index (χ1n) is 12.6. The van der Waals surface area contributed by atoms with Crippen LogP contribution in [0.2, 0.25) is 5.02 Å². The van der Waals surface area contributed by atoms with Gasteiger partial charge in [-0.05, 0) is 73.4 Å². The fraction of sp³-hybridized carbons (Fsp3) is 0.333. The fourth-order valence-corrected chi connectivity index (χ4v) is 6.53. The summed E-state index contributed by atoms with van der Waals surface area (Å²) in [5.41, 5.74) is 5.10. The monoisotopic (exact) mass is 517 g/mol. The van der Waals surface area contributed by atoms with Crippen LogP contribution in [-0.4, -0.2) is 16.7 Å². The Balaban J connectivity index is 1.54. The minimum atomic E-state index is -0.104. The number of rotatable bonds is 5. The largest absolute Gasteiger partial charge is 0.347 e. The number of hydrogen-bond donors (Lipinski definition) is 1. The Morgan fingerprint density at radius 2 is 1.94 bits per heavy atom. The molecule has 5 rings (SSSR count). The normalized spacial score (nSPS) is 16.0. The van der Waals surface area contributed by atoms with Gasteiger partial charge in [-0.1, -0.05) is 50.6 Å². The molecule has 1 amide bonds. The Morgan fingerprint density at radius 3 is 2.67 bits per heavy atom. The second-order valence-electron chi connectivity index (χ2n) is 10.6. The molecular weight excluding hydrogens is 486 g/mol. The van der Waals surface area contributed by atoms with Crippen LogP contribution in [0.15, 0.2) is 59.7 Å². The van der Waals surface area contributed by atoms with Crippen LogP contribution in [0.25, 0.3) is 10.9 Å². The Morgan fingerprint density at radius 1 is 1.19 bits per heavy atom. The molecule has 2 heterocycles. The molecule has 2 aromatic carbocycles. The van der Waals surface area contributed by atoms with E-state index < -0.39 is 0 Å². The number of nitrogens with zero attached hydrogens (tertiary/aromatic N) is 2. The molecule has 0 unspecified atom stereocenters. The van der Waals surface area contributed by atoms with Crippen LogP contribution < -0.4 is 5.32 Å². The van der Waals surface area contributed by atoms with Crippen LogP contribution in [-0.2, 0) is 19.4 Å². The van der Waals surface area contributed by atoms with Crippen LogP contribution in [0.3, 0.4) is 0 Å². The van der Waals surface area contributed by atoms with Gasteiger partial charge in [0.1, 0.15) is 5.00 Å². The lowest BCUT2D eigenvalue weighted by Crippen LogP contribution is -2.27. The molecule has 0 aliphatic heterocycles. The smallest absolute Gasteiger partial charge is 0.259 e. The molecule has 4 nitrogen and oxygen atoms in total. The maximum absolute atomic E-state index is 13.6. The summed E-state index contributed by atoms with van der Waals surface area (Å²) in [5, 5.41) is 5.68. The molecule has 1 N–H and O–H groups in total. The van der Waals surface area contributed by atoms with Crippen molar-refractivity contribution >= 4 is 56.7 Å². The average Bonchev–Trinajstić information content (AvgIpc) is 3.41. The van der Waals surface area contributed by atoms with Gasteiger partial charge in [-0.3, -0.25) is 4.79 Å². The number of amides is 1. The molecule has 186 valence electrons. The van der Waals surface area contributed by atoms with E-state index in [1.165, 1.54) is 15.8 Å². The summed E-state index contributed by atoms with van der Waals surface area (Å²) in [6, 6.07) is 15.6. The molecule has 1 aliphatic rings. The SMILES string of the molecule is CCn1cc(C=Nc2sc3c(c2C(=O)Nc2ccc(Cl)cc2)CC[C@@H](C(C)(C)C)C3)c2ccccc21. The standard InChI is InChI=1S/C30H32ClN3OS/c1-5-34-18-19(23-8-6-7-9-25(23)34)17-32-29-27(28(35)33-22-13-11-21(31)12-14-22)24-15-10-20(30(2,3)4)16-26(24)36-29/h6-9,11-14,17-18,20H,5,10,15-16H2,1-4H3,(H,33,35)/t20-/m1/s1. The molecule has 1 aliphatic carbocycles. The van der Waals surface area contributed by atoms with Crippen LogP contribution >= 0.6 is 22.9 Å². The van der Waals surface area contributed by atoms with Crippen LogP contribution in [0, 0.1) is 11.3 Å². The minimum absolute atomic E-state index is 0.104. The summed E-state index contributed by atoms with van der Waals surface area (Å²) in [5.74, 6) is 0.488. The van der Waals surface area contributed by atoms with Gasteiger partial charge in [-0.15, -0.1) is 11.3 Å². The first-order valence-corrected chi connectivity index (χ1v) is 13.8. The van der Waals surface area contributed by atoms with E-state index in [2.05, 4.69) is 68.0 Å². The molecule has 0 saturated carbocycles. The lowest BCUT2D eigenvalue weighted by Gasteiger charge is -2.33. The van der Waals surface area contributed by atoms with Gasteiger partial charge < -0.3 is 9.88 Å². The number of thiophene rings is 1. The molecule has 4 aromatic rings. The molecule has 0 bridgehead atoms. The highest BCUT2D eigenvalue weighted by Crippen LogP contribution is 2.45. The molecule has 0 saturated heterocycles. The number of carbonyl (C=O) groups is 1. The van der Waals surface area contributed by atoms with E-state index in [1.807, 2.05) is 18.3 Å². The van der Waals surface area contributed by atoms with E-state index in [1.54, 1.807) is 23.5 Å². The van der Waals surface area contributed by atoms with Gasteiger partial charge in [0.15, 0.2) is 0 Å².